The molecule has 0 aromatic heterocycles. The number of nitrogens with zero attached hydrogens (tertiary/aromatic N) is 1. The zero-order valence-electron chi connectivity index (χ0n) is 26.5. The quantitative estimate of drug-likeness (QED) is 0.174. The van der Waals surface area contributed by atoms with Crippen molar-refractivity contribution in [1.29, 1.82) is 0 Å². The van der Waals surface area contributed by atoms with Crippen molar-refractivity contribution >= 4 is 6.29 Å². The van der Waals surface area contributed by atoms with Gasteiger partial charge in [0.1, 0.15) is 12.0 Å². The predicted molar refractivity (Wildman–Crippen MR) is 181 cm³/mol. The number of benzene rings is 4. The SMILES string of the molecule is CC(C)(CCC(C=O)(c1ccccc1)c1ccccc1)N1CCC(OCc2cccc(-c3cccc(O)c3)c2)CC1.CCN. The maximum absolute atomic E-state index is 12.8. The second kappa shape index (κ2) is 15.8. The molecular formula is C39H48N2O3. The van der Waals surface area contributed by atoms with Gasteiger partial charge in [-0.1, -0.05) is 97.9 Å². The van der Waals surface area contributed by atoms with Crippen LogP contribution in [0, 0.1) is 0 Å². The Kier molecular flexibility index (Phi) is 11.9. The third-order valence-corrected chi connectivity index (χ3v) is 8.80. The highest BCUT2D eigenvalue weighted by Crippen LogP contribution is 2.38. The topological polar surface area (TPSA) is 75.8 Å². The number of aromatic hydroxyl groups is 1. The van der Waals surface area contributed by atoms with E-state index in [2.05, 4.69) is 61.2 Å². The molecule has 0 bridgehead atoms. The Labute approximate surface area is 263 Å². The van der Waals surface area contributed by atoms with Crippen LogP contribution in [-0.4, -0.2) is 47.6 Å². The Morgan fingerprint density at radius 1 is 0.818 bits per heavy atom. The zero-order valence-corrected chi connectivity index (χ0v) is 26.5. The number of aldehydes is 1. The highest BCUT2D eigenvalue weighted by Gasteiger charge is 2.38. The maximum Gasteiger partial charge on any atom is 0.134 e. The lowest BCUT2D eigenvalue weighted by Gasteiger charge is -2.44. The van der Waals surface area contributed by atoms with E-state index < -0.39 is 5.41 Å². The summed E-state index contributed by atoms with van der Waals surface area (Å²) in [6, 6.07) is 36.1. The first-order valence-electron chi connectivity index (χ1n) is 15.8. The van der Waals surface area contributed by atoms with Crippen LogP contribution in [0.25, 0.3) is 11.1 Å². The maximum atomic E-state index is 12.8. The Hall–Kier alpha value is -3.77. The summed E-state index contributed by atoms with van der Waals surface area (Å²) in [6.07, 6.45) is 5.03. The molecule has 0 spiro atoms. The van der Waals surface area contributed by atoms with E-state index in [0.29, 0.717) is 6.61 Å². The summed E-state index contributed by atoms with van der Waals surface area (Å²) in [5, 5.41) is 9.84. The smallest absolute Gasteiger partial charge is 0.134 e. The van der Waals surface area contributed by atoms with Gasteiger partial charge in [0, 0.05) is 18.6 Å². The fourth-order valence-electron chi connectivity index (χ4n) is 6.15. The molecule has 0 unspecified atom stereocenters. The number of piperidine rings is 1. The fraction of sp³-hybridized carbons (Fsp3) is 0.359. The molecule has 0 amide bonds. The van der Waals surface area contributed by atoms with Crippen molar-refractivity contribution in [3.63, 3.8) is 0 Å². The lowest BCUT2D eigenvalue weighted by molar-refractivity contribution is -0.111. The summed E-state index contributed by atoms with van der Waals surface area (Å²) in [5.41, 5.74) is 9.47. The normalized spacial score (nSPS) is 14.5. The summed E-state index contributed by atoms with van der Waals surface area (Å²) >= 11 is 0. The van der Waals surface area contributed by atoms with E-state index in [4.69, 9.17) is 10.5 Å². The van der Waals surface area contributed by atoms with Crippen LogP contribution in [0.4, 0.5) is 0 Å². The first-order chi connectivity index (χ1) is 21.3. The largest absolute Gasteiger partial charge is 0.508 e. The van der Waals surface area contributed by atoms with Crippen LogP contribution in [0.3, 0.4) is 0 Å². The molecule has 1 saturated heterocycles. The van der Waals surface area contributed by atoms with Crippen LogP contribution in [0.15, 0.2) is 109 Å². The van der Waals surface area contributed by atoms with E-state index in [1.807, 2.05) is 61.5 Å². The Morgan fingerprint density at radius 2 is 1.36 bits per heavy atom. The average molecular weight is 593 g/mol. The second-order valence-corrected chi connectivity index (χ2v) is 12.3. The molecule has 3 N–H and O–H groups in total. The molecule has 5 nitrogen and oxygen atoms in total. The van der Waals surface area contributed by atoms with Crippen LogP contribution < -0.4 is 5.73 Å². The number of likely N-dealkylation sites (tertiary alicyclic amines) is 1. The Balaban J connectivity index is 0.00000141. The highest BCUT2D eigenvalue weighted by atomic mass is 16.5. The van der Waals surface area contributed by atoms with Crippen molar-refractivity contribution < 1.29 is 14.6 Å². The number of hydrogen-bond acceptors (Lipinski definition) is 5. The van der Waals surface area contributed by atoms with Gasteiger partial charge in [0.2, 0.25) is 0 Å². The zero-order chi connectivity index (χ0) is 31.4. The molecule has 0 saturated carbocycles. The van der Waals surface area contributed by atoms with E-state index in [-0.39, 0.29) is 17.4 Å². The van der Waals surface area contributed by atoms with Crippen LogP contribution in [0.5, 0.6) is 5.75 Å². The number of rotatable bonds is 11. The molecule has 0 radical (unpaired) electrons. The minimum absolute atomic E-state index is 0.0433. The molecule has 0 aliphatic carbocycles. The van der Waals surface area contributed by atoms with Crippen LogP contribution in [-0.2, 0) is 21.6 Å². The van der Waals surface area contributed by atoms with Crippen LogP contribution in [0.2, 0.25) is 0 Å². The number of hydrogen-bond donors (Lipinski definition) is 2. The van der Waals surface area contributed by atoms with Gasteiger partial charge >= 0.3 is 0 Å². The van der Waals surface area contributed by atoms with Gasteiger partial charge in [-0.05, 0) is 92.1 Å². The van der Waals surface area contributed by atoms with Crippen molar-refractivity contribution in [1.82, 2.24) is 4.90 Å². The molecule has 1 aliphatic rings. The highest BCUT2D eigenvalue weighted by molar-refractivity contribution is 5.75. The number of nitrogens with two attached hydrogens (primary N) is 1. The molecule has 1 aliphatic heterocycles. The first-order valence-corrected chi connectivity index (χ1v) is 15.8. The van der Waals surface area contributed by atoms with Crippen LogP contribution >= 0.6 is 0 Å². The van der Waals surface area contributed by atoms with Gasteiger partial charge < -0.3 is 20.4 Å². The summed E-state index contributed by atoms with van der Waals surface area (Å²) in [4.78, 5) is 15.4. The van der Waals surface area contributed by atoms with Crippen molar-refractivity contribution in [2.45, 2.75) is 70.1 Å². The molecule has 0 atom stereocenters. The molecular weight excluding hydrogens is 544 g/mol. The van der Waals surface area contributed by atoms with E-state index in [1.54, 1.807) is 12.1 Å². The molecule has 4 aromatic rings. The van der Waals surface area contributed by atoms with Crippen LogP contribution in [0.1, 0.15) is 63.1 Å². The molecule has 5 heteroatoms. The third kappa shape index (κ3) is 8.44. The standard InChI is InChI=1S/C37H41NO3.C2H7N/c1-36(2,21-22-37(28-39,32-14-5-3-6-15-32)33-16-7-4-8-17-33)38-23-19-35(20-24-38)41-27-29-11-9-12-30(25-29)31-13-10-18-34(40)26-31;1-2-3/h3-18,25-26,28,35,40H,19-24,27H2,1-2H3;2-3H2,1H3. The molecule has 1 heterocycles. The van der Waals surface area contributed by atoms with Crippen molar-refractivity contribution in [3.8, 4) is 16.9 Å². The van der Waals surface area contributed by atoms with Gasteiger partial charge in [-0.3, -0.25) is 4.90 Å². The predicted octanol–water partition coefficient (Wildman–Crippen LogP) is 7.75. The summed E-state index contributed by atoms with van der Waals surface area (Å²) in [5.74, 6) is 0.274. The summed E-state index contributed by atoms with van der Waals surface area (Å²) in [6.45, 7) is 9.81. The molecule has 232 valence electrons. The third-order valence-electron chi connectivity index (χ3n) is 8.80. The van der Waals surface area contributed by atoms with Gasteiger partial charge in [0.15, 0.2) is 0 Å². The van der Waals surface area contributed by atoms with Gasteiger partial charge in [-0.25, -0.2) is 0 Å². The number of phenolic OH excluding ortho intramolecular Hbond substituents is 1. The van der Waals surface area contributed by atoms with E-state index in [1.165, 1.54) is 0 Å². The lowest BCUT2D eigenvalue weighted by atomic mass is 9.70. The lowest BCUT2D eigenvalue weighted by Crippen LogP contribution is -2.50. The second-order valence-electron chi connectivity index (χ2n) is 12.3. The number of phenols is 1. The first kappa shape index (κ1) is 33.1. The minimum atomic E-state index is -0.658. The van der Waals surface area contributed by atoms with Gasteiger partial charge in [-0.15, -0.1) is 0 Å². The molecule has 5 rings (SSSR count). The van der Waals surface area contributed by atoms with Gasteiger partial charge in [0.25, 0.3) is 0 Å². The summed E-state index contributed by atoms with van der Waals surface area (Å²) in [7, 11) is 0. The van der Waals surface area contributed by atoms with Crippen molar-refractivity contribution in [2.24, 2.45) is 5.73 Å². The minimum Gasteiger partial charge on any atom is -0.508 e. The number of ether oxygens (including phenoxy) is 1. The monoisotopic (exact) mass is 592 g/mol. The Morgan fingerprint density at radius 3 is 1.91 bits per heavy atom. The van der Waals surface area contributed by atoms with Gasteiger partial charge in [-0.2, -0.15) is 0 Å². The van der Waals surface area contributed by atoms with Crippen molar-refractivity contribution in [2.75, 3.05) is 19.6 Å². The summed E-state index contributed by atoms with van der Waals surface area (Å²) < 4.78 is 6.37. The van der Waals surface area contributed by atoms with Crippen molar-refractivity contribution in [3.05, 3.63) is 126 Å². The fourth-order valence-corrected chi connectivity index (χ4v) is 6.15. The Bertz CT molecular complexity index is 1390. The number of carbonyl (C=O) groups is 1. The molecule has 4 aromatic carbocycles. The number of carbonyl (C=O) groups excluding carboxylic acids is 1. The van der Waals surface area contributed by atoms with Gasteiger partial charge in [0.05, 0.1) is 18.1 Å². The molecule has 44 heavy (non-hydrogen) atoms. The average Bonchev–Trinajstić information content (AvgIpc) is 3.06. The molecule has 1 fully saturated rings. The van der Waals surface area contributed by atoms with E-state index in [9.17, 15) is 9.90 Å². The van der Waals surface area contributed by atoms with E-state index in [0.717, 1.165) is 79.4 Å². The van der Waals surface area contributed by atoms with E-state index >= 15 is 0 Å².